The van der Waals surface area contributed by atoms with Gasteiger partial charge in [0.1, 0.15) is 17.2 Å². The smallest absolute Gasteiger partial charge is 0.398 e. The standard InChI is InChI=1S/C30H27N6O4P/c31-22-4-1-7-25(28(22)19-10-13-34-16-19)38-41(37,39-26-8-2-5-23(32)29(26)20-11-14-35-17-20)40-27-9-3-6-24(33)30(27)21-12-15-36-18-21/h1-18,34-36H,31-33H2. The molecule has 0 atom stereocenters. The minimum Gasteiger partial charge on any atom is -0.398 e. The molecular formula is C30H27N6O4P. The number of phosphoric acid groups is 1. The Morgan fingerprint density at radius 1 is 0.488 bits per heavy atom. The monoisotopic (exact) mass is 566 g/mol. The van der Waals surface area contributed by atoms with Crippen LogP contribution in [-0.4, -0.2) is 15.0 Å². The summed E-state index contributed by atoms with van der Waals surface area (Å²) in [5.41, 5.74) is 24.1. The van der Waals surface area contributed by atoms with E-state index in [4.69, 9.17) is 30.8 Å². The molecule has 3 aromatic carbocycles. The number of hydrogen-bond acceptors (Lipinski definition) is 7. The van der Waals surface area contributed by atoms with Crippen molar-refractivity contribution in [3.05, 3.63) is 110 Å². The van der Waals surface area contributed by atoms with Gasteiger partial charge in [0.25, 0.3) is 0 Å². The second-order valence-electron chi connectivity index (χ2n) is 9.18. The Morgan fingerprint density at radius 3 is 1.07 bits per heavy atom. The van der Waals surface area contributed by atoms with Crippen molar-refractivity contribution in [1.29, 1.82) is 0 Å². The second-order valence-corrected chi connectivity index (χ2v) is 10.6. The number of nitrogen functional groups attached to an aromatic ring is 3. The predicted octanol–water partition coefficient (Wildman–Crippen LogP) is 7.06. The average Bonchev–Trinajstić information content (AvgIpc) is 3.73. The van der Waals surface area contributed by atoms with E-state index in [1.165, 1.54) is 0 Å². The number of anilines is 3. The molecule has 0 spiro atoms. The Hall–Kier alpha value is -5.47. The molecule has 0 aliphatic rings. The molecule has 10 nitrogen and oxygen atoms in total. The van der Waals surface area contributed by atoms with E-state index in [-0.39, 0.29) is 17.2 Å². The third-order valence-corrected chi connectivity index (χ3v) is 7.73. The van der Waals surface area contributed by atoms with E-state index in [1.807, 2.05) is 18.2 Å². The summed E-state index contributed by atoms with van der Waals surface area (Å²) in [6.07, 6.45) is 10.5. The summed E-state index contributed by atoms with van der Waals surface area (Å²) < 4.78 is 33.4. The van der Waals surface area contributed by atoms with E-state index >= 15 is 0 Å². The number of hydrogen-bond donors (Lipinski definition) is 6. The van der Waals surface area contributed by atoms with E-state index in [2.05, 4.69) is 15.0 Å². The van der Waals surface area contributed by atoms with Gasteiger partial charge < -0.3 is 45.7 Å². The summed E-state index contributed by atoms with van der Waals surface area (Å²) in [6, 6.07) is 20.7. The van der Waals surface area contributed by atoms with Crippen molar-refractivity contribution >= 4 is 24.9 Å². The highest BCUT2D eigenvalue weighted by molar-refractivity contribution is 7.49. The fourth-order valence-corrected chi connectivity index (χ4v) is 5.95. The average molecular weight is 567 g/mol. The highest BCUT2D eigenvalue weighted by Gasteiger charge is 2.37. The first-order valence-electron chi connectivity index (χ1n) is 12.7. The van der Waals surface area contributed by atoms with Crippen LogP contribution in [0.2, 0.25) is 0 Å². The van der Waals surface area contributed by atoms with Gasteiger partial charge in [0.05, 0.1) is 0 Å². The molecule has 0 fully saturated rings. The van der Waals surface area contributed by atoms with Gasteiger partial charge >= 0.3 is 7.82 Å². The molecule has 6 rings (SSSR count). The van der Waals surface area contributed by atoms with Crippen molar-refractivity contribution in [1.82, 2.24) is 15.0 Å². The van der Waals surface area contributed by atoms with Crippen LogP contribution in [0.15, 0.2) is 110 Å². The number of nitrogens with one attached hydrogen (secondary N) is 3. The number of H-pyrrole nitrogens is 3. The number of nitrogens with two attached hydrogens (primary N) is 3. The lowest BCUT2D eigenvalue weighted by Gasteiger charge is -2.24. The summed E-state index contributed by atoms with van der Waals surface area (Å²) >= 11 is 0. The van der Waals surface area contributed by atoms with Crippen LogP contribution in [0.5, 0.6) is 17.2 Å². The Bertz CT molecular complexity index is 1620. The van der Waals surface area contributed by atoms with Crippen LogP contribution >= 0.6 is 7.82 Å². The summed E-state index contributed by atoms with van der Waals surface area (Å²) in [5.74, 6) is 0.603. The van der Waals surface area contributed by atoms with E-state index < -0.39 is 7.82 Å². The van der Waals surface area contributed by atoms with E-state index in [0.29, 0.717) is 33.8 Å². The van der Waals surface area contributed by atoms with Gasteiger partial charge in [-0.2, -0.15) is 4.57 Å². The van der Waals surface area contributed by atoms with Crippen molar-refractivity contribution in [3.63, 3.8) is 0 Å². The number of aromatic nitrogens is 3. The molecule has 0 aliphatic carbocycles. The van der Waals surface area contributed by atoms with Crippen LogP contribution in [0.25, 0.3) is 33.4 Å². The largest absolute Gasteiger partial charge is 0.647 e. The molecule has 3 heterocycles. The molecule has 0 aliphatic heterocycles. The molecule has 6 aromatic rings. The Balaban J connectivity index is 1.49. The van der Waals surface area contributed by atoms with E-state index in [9.17, 15) is 4.57 Å². The van der Waals surface area contributed by atoms with E-state index in [0.717, 1.165) is 16.7 Å². The van der Waals surface area contributed by atoms with Crippen LogP contribution in [0.3, 0.4) is 0 Å². The van der Waals surface area contributed by atoms with Crippen molar-refractivity contribution in [2.24, 2.45) is 0 Å². The molecule has 0 saturated carbocycles. The number of phosphoric ester groups is 1. The minimum absolute atomic E-state index is 0.201. The Morgan fingerprint density at radius 2 is 0.805 bits per heavy atom. The van der Waals surface area contributed by atoms with Crippen molar-refractivity contribution < 1.29 is 18.1 Å². The normalized spacial score (nSPS) is 11.3. The molecule has 0 saturated heterocycles. The minimum atomic E-state index is -4.53. The zero-order chi connectivity index (χ0) is 28.4. The lowest BCUT2D eigenvalue weighted by atomic mass is 10.1. The summed E-state index contributed by atoms with van der Waals surface area (Å²) in [7, 11) is -4.53. The van der Waals surface area contributed by atoms with Crippen LogP contribution in [0.4, 0.5) is 17.1 Å². The third-order valence-electron chi connectivity index (χ3n) is 6.47. The van der Waals surface area contributed by atoms with E-state index in [1.54, 1.807) is 91.8 Å². The van der Waals surface area contributed by atoms with Gasteiger partial charge in [0.15, 0.2) is 0 Å². The van der Waals surface area contributed by atoms with Crippen LogP contribution < -0.4 is 30.8 Å². The summed E-state index contributed by atoms with van der Waals surface area (Å²) in [6.45, 7) is 0. The molecule has 206 valence electrons. The fraction of sp³-hybridized carbons (Fsp3) is 0. The zero-order valence-corrected chi connectivity index (χ0v) is 22.6. The molecule has 0 amide bonds. The lowest BCUT2D eigenvalue weighted by molar-refractivity contribution is 0.300. The molecule has 9 N–H and O–H groups in total. The SMILES string of the molecule is Nc1cccc(OP(=O)(Oc2cccc(N)c2-c2cc[nH]c2)Oc2cccc(N)c2-c2cc[nH]c2)c1-c1cc[nH]c1. The molecule has 41 heavy (non-hydrogen) atoms. The Kier molecular flexibility index (Phi) is 6.66. The quantitative estimate of drug-likeness (QED) is 0.0803. The summed E-state index contributed by atoms with van der Waals surface area (Å²) in [4.78, 5) is 9.02. The maximum Gasteiger partial charge on any atom is 0.647 e. The van der Waals surface area contributed by atoms with Crippen LogP contribution in [0.1, 0.15) is 0 Å². The third kappa shape index (κ3) is 5.11. The van der Waals surface area contributed by atoms with Crippen molar-refractivity contribution in [2.75, 3.05) is 17.2 Å². The van der Waals surface area contributed by atoms with Gasteiger partial charge in [0, 0.05) is 87.6 Å². The van der Waals surface area contributed by atoms with Crippen molar-refractivity contribution in [3.8, 4) is 50.6 Å². The molecule has 0 radical (unpaired) electrons. The topological polar surface area (TPSA) is 170 Å². The summed E-state index contributed by atoms with van der Waals surface area (Å²) in [5, 5.41) is 0. The first-order chi connectivity index (χ1) is 19.9. The Labute approximate surface area is 235 Å². The highest BCUT2D eigenvalue weighted by Crippen LogP contribution is 2.55. The molecule has 0 unspecified atom stereocenters. The van der Waals surface area contributed by atoms with Gasteiger partial charge in [-0.15, -0.1) is 0 Å². The zero-order valence-electron chi connectivity index (χ0n) is 21.7. The second kappa shape index (κ2) is 10.6. The van der Waals surface area contributed by atoms with Crippen LogP contribution in [-0.2, 0) is 4.57 Å². The fourth-order valence-electron chi connectivity index (χ4n) is 4.65. The van der Waals surface area contributed by atoms with Gasteiger partial charge in [-0.05, 0) is 54.6 Å². The first kappa shape index (κ1) is 25.8. The van der Waals surface area contributed by atoms with Crippen LogP contribution in [0, 0.1) is 0 Å². The molecular weight excluding hydrogens is 539 g/mol. The van der Waals surface area contributed by atoms with Crippen molar-refractivity contribution in [2.45, 2.75) is 0 Å². The van der Waals surface area contributed by atoms with Gasteiger partial charge in [-0.25, -0.2) is 0 Å². The van der Waals surface area contributed by atoms with Gasteiger partial charge in [0.2, 0.25) is 0 Å². The maximum absolute atomic E-state index is 14.8. The number of rotatable bonds is 9. The van der Waals surface area contributed by atoms with Gasteiger partial charge in [-0.3, -0.25) is 0 Å². The number of benzene rings is 3. The molecule has 11 heteroatoms. The highest BCUT2D eigenvalue weighted by atomic mass is 31.2. The molecule has 0 bridgehead atoms. The predicted molar refractivity (Wildman–Crippen MR) is 161 cm³/mol. The lowest BCUT2D eigenvalue weighted by Crippen LogP contribution is -2.10. The molecule has 3 aromatic heterocycles. The first-order valence-corrected chi connectivity index (χ1v) is 14.1. The van der Waals surface area contributed by atoms with Gasteiger partial charge in [-0.1, -0.05) is 18.2 Å². The maximum atomic E-state index is 14.8. The number of aromatic amines is 3.